The van der Waals surface area contributed by atoms with E-state index in [-0.39, 0.29) is 6.10 Å². The predicted octanol–water partition coefficient (Wildman–Crippen LogP) is 1.88. The molecule has 1 aliphatic carbocycles. The van der Waals surface area contributed by atoms with Crippen LogP contribution in [0.15, 0.2) is 11.4 Å². The minimum atomic E-state index is -1.47. The van der Waals surface area contributed by atoms with Crippen molar-refractivity contribution in [1.82, 2.24) is 0 Å². The van der Waals surface area contributed by atoms with Gasteiger partial charge in [-0.1, -0.05) is 0 Å². The Morgan fingerprint density at radius 3 is 2.92 bits per heavy atom. The molecular formula is C9H13FO3. The van der Waals surface area contributed by atoms with E-state index in [4.69, 9.17) is 9.84 Å². The van der Waals surface area contributed by atoms with Crippen molar-refractivity contribution >= 4 is 5.97 Å². The van der Waals surface area contributed by atoms with Crippen molar-refractivity contribution < 1.29 is 19.0 Å². The van der Waals surface area contributed by atoms with Crippen molar-refractivity contribution in [2.24, 2.45) is 0 Å². The lowest BCUT2D eigenvalue weighted by molar-refractivity contribution is -0.134. The third-order valence-electron chi connectivity index (χ3n) is 2.31. The van der Waals surface area contributed by atoms with E-state index in [2.05, 4.69) is 0 Å². The van der Waals surface area contributed by atoms with Crippen LogP contribution in [0, 0.1) is 0 Å². The molecule has 1 rings (SSSR count). The number of methoxy groups -OCH3 is 1. The van der Waals surface area contributed by atoms with Crippen molar-refractivity contribution in [2.75, 3.05) is 7.11 Å². The maximum atomic E-state index is 12.9. The van der Waals surface area contributed by atoms with E-state index in [1.165, 1.54) is 0 Å². The van der Waals surface area contributed by atoms with Crippen LogP contribution in [0.3, 0.4) is 0 Å². The van der Waals surface area contributed by atoms with Gasteiger partial charge in [0.25, 0.3) is 0 Å². The molecule has 0 saturated heterocycles. The van der Waals surface area contributed by atoms with Crippen LogP contribution in [0.5, 0.6) is 0 Å². The van der Waals surface area contributed by atoms with Gasteiger partial charge in [0.15, 0.2) is 0 Å². The zero-order valence-electron chi connectivity index (χ0n) is 7.55. The summed E-state index contributed by atoms with van der Waals surface area (Å²) in [4.78, 5) is 10.3. The molecule has 4 heteroatoms. The molecule has 1 N–H and O–H groups in total. The lowest BCUT2D eigenvalue weighted by atomic mass is 9.92. The second kappa shape index (κ2) is 4.37. The van der Waals surface area contributed by atoms with Crippen LogP contribution in [-0.4, -0.2) is 24.3 Å². The van der Waals surface area contributed by atoms with Crippen LogP contribution in [0.1, 0.15) is 25.7 Å². The van der Waals surface area contributed by atoms with Gasteiger partial charge in [-0.25, -0.2) is 4.79 Å². The number of carboxylic acids is 1. The van der Waals surface area contributed by atoms with Crippen LogP contribution in [0.25, 0.3) is 0 Å². The Hall–Kier alpha value is -0.900. The van der Waals surface area contributed by atoms with Gasteiger partial charge in [0.1, 0.15) is 0 Å². The summed E-state index contributed by atoms with van der Waals surface area (Å²) in [6.07, 6.45) is 2.61. The molecule has 0 aliphatic heterocycles. The lowest BCUT2D eigenvalue weighted by Crippen LogP contribution is -2.18. The first kappa shape index (κ1) is 10.2. The van der Waals surface area contributed by atoms with Gasteiger partial charge in [-0.05, 0) is 31.3 Å². The fraction of sp³-hybridized carbons (Fsp3) is 0.667. The summed E-state index contributed by atoms with van der Waals surface area (Å²) >= 11 is 0. The van der Waals surface area contributed by atoms with E-state index < -0.39 is 11.8 Å². The van der Waals surface area contributed by atoms with Gasteiger partial charge in [0, 0.05) is 7.11 Å². The van der Waals surface area contributed by atoms with E-state index in [0.29, 0.717) is 18.4 Å². The number of hydrogen-bond acceptors (Lipinski definition) is 2. The molecule has 0 heterocycles. The van der Waals surface area contributed by atoms with Gasteiger partial charge < -0.3 is 9.84 Å². The van der Waals surface area contributed by atoms with Crippen molar-refractivity contribution in [3.8, 4) is 0 Å². The van der Waals surface area contributed by atoms with Crippen molar-refractivity contribution in [1.29, 1.82) is 0 Å². The van der Waals surface area contributed by atoms with Gasteiger partial charge in [-0.3, -0.25) is 0 Å². The maximum absolute atomic E-state index is 12.9. The van der Waals surface area contributed by atoms with E-state index in [1.807, 2.05) is 0 Å². The molecule has 1 atom stereocenters. The SMILES string of the molecule is COC1CCCC(=C(F)C(=O)O)C1. The highest BCUT2D eigenvalue weighted by Crippen LogP contribution is 2.28. The molecule has 13 heavy (non-hydrogen) atoms. The Kier molecular flexibility index (Phi) is 3.42. The first-order valence-electron chi connectivity index (χ1n) is 4.28. The van der Waals surface area contributed by atoms with E-state index in [0.717, 1.165) is 12.8 Å². The summed E-state index contributed by atoms with van der Waals surface area (Å²) in [5.74, 6) is -2.46. The topological polar surface area (TPSA) is 46.5 Å². The van der Waals surface area contributed by atoms with Gasteiger partial charge >= 0.3 is 5.97 Å². The number of aliphatic carboxylic acids is 1. The second-order valence-corrected chi connectivity index (χ2v) is 3.18. The fourth-order valence-electron chi connectivity index (χ4n) is 1.57. The average Bonchev–Trinajstić information content (AvgIpc) is 2.16. The van der Waals surface area contributed by atoms with Crippen LogP contribution < -0.4 is 0 Å². The molecule has 1 fully saturated rings. The minimum absolute atomic E-state index is 0.0196. The standard InChI is InChI=1S/C9H13FO3/c1-13-7-4-2-3-6(5-7)8(10)9(11)12/h7H,2-5H2,1H3,(H,11,12). The Morgan fingerprint density at radius 1 is 1.69 bits per heavy atom. The first-order valence-corrected chi connectivity index (χ1v) is 4.28. The third kappa shape index (κ3) is 2.52. The number of hydrogen-bond donors (Lipinski definition) is 1. The average molecular weight is 188 g/mol. The molecule has 1 saturated carbocycles. The van der Waals surface area contributed by atoms with Gasteiger partial charge in [0.05, 0.1) is 6.10 Å². The molecule has 74 valence electrons. The number of carbonyl (C=O) groups is 1. The zero-order chi connectivity index (χ0) is 9.84. The summed E-state index contributed by atoms with van der Waals surface area (Å²) in [5, 5.41) is 8.42. The van der Waals surface area contributed by atoms with Crippen LogP contribution in [-0.2, 0) is 9.53 Å². The van der Waals surface area contributed by atoms with Gasteiger partial charge in [0.2, 0.25) is 5.83 Å². The summed E-state index contributed by atoms with van der Waals surface area (Å²) in [5.41, 5.74) is 0.380. The molecule has 0 amide bonds. The van der Waals surface area contributed by atoms with Crippen molar-refractivity contribution in [2.45, 2.75) is 31.8 Å². The highest BCUT2D eigenvalue weighted by molar-refractivity contribution is 5.84. The summed E-state index contributed by atoms with van der Waals surface area (Å²) in [6, 6.07) is 0. The molecule has 0 aromatic carbocycles. The second-order valence-electron chi connectivity index (χ2n) is 3.18. The molecule has 0 bridgehead atoms. The largest absolute Gasteiger partial charge is 0.476 e. The molecule has 3 nitrogen and oxygen atoms in total. The van der Waals surface area contributed by atoms with Crippen molar-refractivity contribution in [3.05, 3.63) is 11.4 Å². The summed E-state index contributed by atoms with van der Waals surface area (Å²) < 4.78 is 18.0. The Balaban J connectivity index is 2.70. The van der Waals surface area contributed by atoms with Gasteiger partial charge in [-0.15, -0.1) is 0 Å². The van der Waals surface area contributed by atoms with Crippen molar-refractivity contribution in [3.63, 3.8) is 0 Å². The van der Waals surface area contributed by atoms with E-state index in [1.54, 1.807) is 7.11 Å². The summed E-state index contributed by atoms with van der Waals surface area (Å²) in [6.45, 7) is 0. The Morgan fingerprint density at radius 2 is 2.38 bits per heavy atom. The van der Waals surface area contributed by atoms with Crippen LogP contribution >= 0.6 is 0 Å². The third-order valence-corrected chi connectivity index (χ3v) is 2.31. The number of halogens is 1. The molecular weight excluding hydrogens is 175 g/mol. The number of carboxylic acid groups (broad SMARTS) is 1. The minimum Gasteiger partial charge on any atom is -0.476 e. The zero-order valence-corrected chi connectivity index (χ0v) is 7.55. The molecule has 1 unspecified atom stereocenters. The first-order chi connectivity index (χ1) is 6.15. The molecule has 1 aliphatic rings. The lowest BCUT2D eigenvalue weighted by Gasteiger charge is -2.22. The van der Waals surface area contributed by atoms with Crippen LogP contribution in [0.2, 0.25) is 0 Å². The maximum Gasteiger partial charge on any atom is 0.364 e. The van der Waals surface area contributed by atoms with Crippen LogP contribution in [0.4, 0.5) is 4.39 Å². The molecule has 0 radical (unpaired) electrons. The highest BCUT2D eigenvalue weighted by Gasteiger charge is 2.22. The van der Waals surface area contributed by atoms with E-state index >= 15 is 0 Å². The number of rotatable bonds is 2. The monoisotopic (exact) mass is 188 g/mol. The summed E-state index contributed by atoms with van der Waals surface area (Å²) in [7, 11) is 1.56. The number of ether oxygens (including phenoxy) is 1. The fourth-order valence-corrected chi connectivity index (χ4v) is 1.57. The normalized spacial score (nSPS) is 27.1. The quantitative estimate of drug-likeness (QED) is 0.673. The highest BCUT2D eigenvalue weighted by atomic mass is 19.1. The molecule has 0 spiro atoms. The Bertz CT molecular complexity index is 235. The molecule has 0 aromatic heterocycles. The predicted molar refractivity (Wildman–Crippen MR) is 45.0 cm³/mol. The molecule has 0 aromatic rings. The van der Waals surface area contributed by atoms with E-state index in [9.17, 15) is 9.18 Å². The Labute approximate surface area is 76.2 Å². The smallest absolute Gasteiger partial charge is 0.364 e. The van der Waals surface area contributed by atoms with Gasteiger partial charge in [-0.2, -0.15) is 4.39 Å².